The van der Waals surface area contributed by atoms with Gasteiger partial charge in [0, 0.05) is 29.5 Å². The first-order valence-corrected chi connectivity index (χ1v) is 5.64. The smallest absolute Gasteiger partial charge is 0.331 e. The standard InChI is InChI=1S/C13H16N2O4/c1-8(9(2)13(17)18)11(16)15-7-10-5-4-6-14-12(10)19-3/h4-6H,7H2,1-3H3,(H,15,16)(H,17,18). The summed E-state index contributed by atoms with van der Waals surface area (Å²) in [6.07, 6.45) is 1.59. The first-order chi connectivity index (χ1) is 8.97. The summed E-state index contributed by atoms with van der Waals surface area (Å²) in [5.41, 5.74) is 0.921. The Morgan fingerprint density at radius 2 is 2.05 bits per heavy atom. The van der Waals surface area contributed by atoms with Crippen LogP contribution in [0.3, 0.4) is 0 Å². The van der Waals surface area contributed by atoms with Crippen LogP contribution in [0.1, 0.15) is 19.4 Å². The van der Waals surface area contributed by atoms with E-state index < -0.39 is 11.9 Å². The van der Waals surface area contributed by atoms with Crippen molar-refractivity contribution in [3.8, 4) is 5.88 Å². The number of methoxy groups -OCH3 is 1. The van der Waals surface area contributed by atoms with E-state index in [1.807, 2.05) is 0 Å². The molecule has 1 aromatic rings. The highest BCUT2D eigenvalue weighted by molar-refractivity contribution is 6.01. The van der Waals surface area contributed by atoms with Gasteiger partial charge in [0.25, 0.3) is 0 Å². The van der Waals surface area contributed by atoms with Crippen molar-refractivity contribution in [1.29, 1.82) is 0 Å². The highest BCUT2D eigenvalue weighted by atomic mass is 16.5. The molecule has 6 heteroatoms. The lowest BCUT2D eigenvalue weighted by atomic mass is 10.1. The Bertz CT molecular complexity index is 523. The molecule has 0 unspecified atom stereocenters. The number of aromatic nitrogens is 1. The van der Waals surface area contributed by atoms with Gasteiger partial charge < -0.3 is 15.2 Å². The Balaban J connectivity index is 2.75. The van der Waals surface area contributed by atoms with Gasteiger partial charge in [0.05, 0.1) is 7.11 Å². The van der Waals surface area contributed by atoms with Gasteiger partial charge in [0.2, 0.25) is 11.8 Å². The van der Waals surface area contributed by atoms with Crippen LogP contribution in [0, 0.1) is 0 Å². The van der Waals surface area contributed by atoms with Crippen LogP contribution >= 0.6 is 0 Å². The van der Waals surface area contributed by atoms with Crippen molar-refractivity contribution in [2.75, 3.05) is 7.11 Å². The predicted molar refractivity (Wildman–Crippen MR) is 68.6 cm³/mol. The maximum atomic E-state index is 11.8. The zero-order chi connectivity index (χ0) is 14.4. The van der Waals surface area contributed by atoms with E-state index in [0.29, 0.717) is 5.88 Å². The molecule has 6 nitrogen and oxygen atoms in total. The lowest BCUT2D eigenvalue weighted by molar-refractivity contribution is -0.133. The van der Waals surface area contributed by atoms with Gasteiger partial charge in [-0.15, -0.1) is 0 Å². The zero-order valence-electron chi connectivity index (χ0n) is 11.1. The number of hydrogen-bond donors (Lipinski definition) is 2. The quantitative estimate of drug-likeness (QED) is 0.778. The summed E-state index contributed by atoms with van der Waals surface area (Å²) in [7, 11) is 1.49. The van der Waals surface area contributed by atoms with E-state index in [9.17, 15) is 9.59 Å². The molecule has 0 aliphatic heterocycles. The molecule has 0 aliphatic rings. The van der Waals surface area contributed by atoms with Crippen molar-refractivity contribution in [1.82, 2.24) is 10.3 Å². The number of carbonyl (C=O) groups excluding carboxylic acids is 1. The minimum Gasteiger partial charge on any atom is -0.481 e. The normalized spacial score (nSPS) is 11.5. The van der Waals surface area contributed by atoms with E-state index in [1.54, 1.807) is 18.3 Å². The summed E-state index contributed by atoms with van der Waals surface area (Å²) < 4.78 is 5.06. The predicted octanol–water partition coefficient (Wildman–Crippen LogP) is 1.13. The molecule has 0 spiro atoms. The van der Waals surface area contributed by atoms with Crippen LogP contribution in [0.25, 0.3) is 0 Å². The molecule has 0 bridgehead atoms. The number of nitrogens with one attached hydrogen (secondary N) is 1. The Morgan fingerprint density at radius 3 is 2.63 bits per heavy atom. The highest BCUT2D eigenvalue weighted by Gasteiger charge is 2.13. The maximum absolute atomic E-state index is 11.8. The fraction of sp³-hybridized carbons (Fsp3) is 0.308. The van der Waals surface area contributed by atoms with Crippen molar-refractivity contribution < 1.29 is 19.4 Å². The molecule has 0 atom stereocenters. The monoisotopic (exact) mass is 264 g/mol. The third-order valence-electron chi connectivity index (χ3n) is 2.71. The highest BCUT2D eigenvalue weighted by Crippen LogP contribution is 2.13. The lowest BCUT2D eigenvalue weighted by Gasteiger charge is -2.09. The molecule has 0 saturated heterocycles. The van der Waals surface area contributed by atoms with E-state index >= 15 is 0 Å². The van der Waals surface area contributed by atoms with Gasteiger partial charge in [0.15, 0.2) is 0 Å². The summed E-state index contributed by atoms with van der Waals surface area (Å²) in [4.78, 5) is 26.5. The second kappa shape index (κ2) is 6.53. The number of ether oxygens (including phenoxy) is 1. The second-order valence-corrected chi connectivity index (χ2v) is 3.91. The molecule has 0 fully saturated rings. The fourth-order valence-electron chi connectivity index (χ4n) is 1.38. The molecular weight excluding hydrogens is 248 g/mol. The number of carbonyl (C=O) groups is 2. The van der Waals surface area contributed by atoms with E-state index in [4.69, 9.17) is 9.84 Å². The van der Waals surface area contributed by atoms with Gasteiger partial charge in [-0.25, -0.2) is 9.78 Å². The molecule has 0 radical (unpaired) electrons. The Labute approximate surface area is 111 Å². The van der Waals surface area contributed by atoms with Crippen LogP contribution in [0.2, 0.25) is 0 Å². The summed E-state index contributed by atoms with van der Waals surface area (Å²) in [6.45, 7) is 3.08. The van der Waals surface area contributed by atoms with E-state index in [0.717, 1.165) is 5.56 Å². The lowest BCUT2D eigenvalue weighted by Crippen LogP contribution is -2.25. The van der Waals surface area contributed by atoms with Gasteiger partial charge in [0.1, 0.15) is 0 Å². The van der Waals surface area contributed by atoms with Crippen molar-refractivity contribution in [3.63, 3.8) is 0 Å². The number of nitrogens with zero attached hydrogens (tertiary/aromatic N) is 1. The molecule has 1 aromatic heterocycles. The Kier molecular flexibility index (Phi) is 5.05. The van der Waals surface area contributed by atoms with Gasteiger partial charge in [-0.1, -0.05) is 6.07 Å². The summed E-state index contributed by atoms with van der Waals surface area (Å²) >= 11 is 0. The average Bonchev–Trinajstić information content (AvgIpc) is 2.43. The first-order valence-electron chi connectivity index (χ1n) is 5.64. The van der Waals surface area contributed by atoms with Crippen molar-refractivity contribution in [3.05, 3.63) is 35.0 Å². The number of amides is 1. The molecule has 2 N–H and O–H groups in total. The molecule has 1 heterocycles. The molecule has 102 valence electrons. The van der Waals surface area contributed by atoms with Crippen molar-refractivity contribution in [2.24, 2.45) is 0 Å². The zero-order valence-corrected chi connectivity index (χ0v) is 11.1. The number of carboxylic acids is 1. The third-order valence-corrected chi connectivity index (χ3v) is 2.71. The topological polar surface area (TPSA) is 88.5 Å². The molecule has 0 aromatic carbocycles. The van der Waals surface area contributed by atoms with Crippen LogP contribution in [-0.2, 0) is 16.1 Å². The number of aliphatic carboxylic acids is 1. The maximum Gasteiger partial charge on any atom is 0.331 e. The summed E-state index contributed by atoms with van der Waals surface area (Å²) in [6, 6.07) is 3.50. The first kappa shape index (κ1) is 14.7. The van der Waals surface area contributed by atoms with Gasteiger partial charge in [-0.3, -0.25) is 4.79 Å². The van der Waals surface area contributed by atoms with Crippen LogP contribution in [0.4, 0.5) is 0 Å². The van der Waals surface area contributed by atoms with Gasteiger partial charge in [-0.05, 0) is 19.9 Å². The van der Waals surface area contributed by atoms with Crippen molar-refractivity contribution >= 4 is 11.9 Å². The average molecular weight is 264 g/mol. The van der Waals surface area contributed by atoms with E-state index in [-0.39, 0.29) is 17.7 Å². The summed E-state index contributed by atoms with van der Waals surface area (Å²) in [5.74, 6) is -1.10. The van der Waals surface area contributed by atoms with Crippen LogP contribution in [0.5, 0.6) is 5.88 Å². The molecular formula is C13H16N2O4. The molecule has 1 amide bonds. The van der Waals surface area contributed by atoms with Crippen LogP contribution in [-0.4, -0.2) is 29.1 Å². The number of carboxylic acid groups (broad SMARTS) is 1. The second-order valence-electron chi connectivity index (χ2n) is 3.91. The Hall–Kier alpha value is -2.37. The Morgan fingerprint density at radius 1 is 1.37 bits per heavy atom. The SMILES string of the molecule is COc1ncccc1CNC(=O)C(C)=C(C)C(=O)O. The van der Waals surface area contributed by atoms with E-state index in [2.05, 4.69) is 10.3 Å². The minimum atomic E-state index is -1.10. The third kappa shape index (κ3) is 3.80. The molecule has 0 saturated carbocycles. The van der Waals surface area contributed by atoms with E-state index in [1.165, 1.54) is 21.0 Å². The van der Waals surface area contributed by atoms with Gasteiger partial charge >= 0.3 is 5.97 Å². The number of hydrogen-bond acceptors (Lipinski definition) is 4. The number of rotatable bonds is 5. The summed E-state index contributed by atoms with van der Waals surface area (Å²) in [5, 5.41) is 11.4. The largest absolute Gasteiger partial charge is 0.481 e. The van der Waals surface area contributed by atoms with Crippen LogP contribution < -0.4 is 10.1 Å². The minimum absolute atomic E-state index is 0.0238. The fourth-order valence-corrected chi connectivity index (χ4v) is 1.38. The van der Waals surface area contributed by atoms with Gasteiger partial charge in [-0.2, -0.15) is 0 Å². The number of pyridine rings is 1. The van der Waals surface area contributed by atoms with Crippen LogP contribution in [0.15, 0.2) is 29.5 Å². The molecule has 19 heavy (non-hydrogen) atoms. The van der Waals surface area contributed by atoms with Crippen molar-refractivity contribution in [2.45, 2.75) is 20.4 Å². The molecule has 0 aliphatic carbocycles. The molecule has 1 rings (SSSR count).